The molecule has 24 nitrogen and oxygen atoms in total. The van der Waals surface area contributed by atoms with Crippen molar-refractivity contribution in [3.8, 4) is 69.0 Å². The fourth-order valence-corrected chi connectivity index (χ4v) is 12.2. The largest absolute Gasteiger partial charge is 0.418 e. The predicted octanol–water partition coefficient (Wildman–Crippen LogP) is 23.3. The highest BCUT2D eigenvalue weighted by Gasteiger charge is 2.41. The molecule has 2 rings (SSSR count). The Balaban J connectivity index is 3.06. The van der Waals surface area contributed by atoms with Gasteiger partial charge in [0, 0.05) is 77.0 Å². The first-order valence-electron chi connectivity index (χ1n) is 44.2. The highest BCUT2D eigenvalue weighted by molar-refractivity contribution is 5.93. The van der Waals surface area contributed by atoms with Crippen molar-refractivity contribution in [3.05, 3.63) is 0 Å². The molecule has 0 aliphatic heterocycles. The van der Waals surface area contributed by atoms with Gasteiger partial charge in [-0.1, -0.05) is 275 Å². The van der Waals surface area contributed by atoms with Gasteiger partial charge < -0.3 is 56.8 Å². The molecule has 0 N–H and O–H groups in total. The molecule has 0 spiro atoms. The molecule has 0 fully saturated rings. The van der Waals surface area contributed by atoms with E-state index in [1.807, 2.05) is 69.2 Å². The molecule has 0 heterocycles. The molecule has 0 unspecified atom stereocenters. The van der Waals surface area contributed by atoms with Crippen LogP contribution in [0, 0.1) is 0 Å². The first kappa shape index (κ1) is 102. The summed E-state index contributed by atoms with van der Waals surface area (Å²) in [4.78, 5) is 171. The van der Waals surface area contributed by atoms with Crippen LogP contribution < -0.4 is 56.8 Å². The van der Waals surface area contributed by atoms with Crippen molar-refractivity contribution in [1.29, 1.82) is 0 Å². The summed E-state index contributed by atoms with van der Waals surface area (Å²) in [7, 11) is 0. The quantitative estimate of drug-likeness (QED) is 0.0337. The minimum atomic E-state index is -0.996. The molecule has 24 heteroatoms. The van der Waals surface area contributed by atoms with Gasteiger partial charge in [-0.3, -0.25) is 57.5 Å². The average Bonchev–Trinajstić information content (AvgIpc) is 0.763. The lowest BCUT2D eigenvalue weighted by molar-refractivity contribution is -0.140. The molecule has 2 aromatic rings. The molecule has 0 aromatic heterocycles. The number of benzene rings is 2. The van der Waals surface area contributed by atoms with Crippen LogP contribution in [0.1, 0.15) is 429 Å². The molecular weight excluding hydrogens is 1460 g/mol. The van der Waals surface area contributed by atoms with E-state index in [-0.39, 0.29) is 103 Å². The predicted molar refractivity (Wildman–Crippen MR) is 436 cm³/mol. The summed E-state index contributed by atoms with van der Waals surface area (Å²) < 4.78 is 73.3. The van der Waals surface area contributed by atoms with Gasteiger partial charge >= 0.3 is 71.6 Å². The third-order valence-corrected chi connectivity index (χ3v) is 18.9. The molecule has 2 aromatic carbocycles. The Hall–Kier alpha value is -7.92. The maximum absolute atomic E-state index is 14.7. The third-order valence-electron chi connectivity index (χ3n) is 18.9. The van der Waals surface area contributed by atoms with Crippen LogP contribution in [-0.4, -0.2) is 71.6 Å². The van der Waals surface area contributed by atoms with E-state index < -0.39 is 141 Å². The Morgan fingerprint density at radius 2 is 0.193 bits per heavy atom. The van der Waals surface area contributed by atoms with Gasteiger partial charge in [-0.2, -0.15) is 0 Å². The number of ether oxygens (including phenoxy) is 12. The van der Waals surface area contributed by atoms with E-state index in [0.717, 1.165) is 128 Å². The Morgan fingerprint density at radius 1 is 0.123 bits per heavy atom. The topological polar surface area (TPSA) is 316 Å². The number of carbonyl (C=O) groups excluding carboxylic acids is 12. The lowest BCUT2D eigenvalue weighted by Gasteiger charge is -2.23. The number of esters is 12. The van der Waals surface area contributed by atoms with Crippen molar-refractivity contribution in [3.63, 3.8) is 0 Å². The molecule has 0 atom stereocenters. The minimum Gasteiger partial charge on any atom is -0.418 e. The van der Waals surface area contributed by atoms with Crippen molar-refractivity contribution in [1.82, 2.24) is 0 Å². The van der Waals surface area contributed by atoms with Gasteiger partial charge in [-0.15, -0.1) is 0 Å². The molecule has 0 aliphatic carbocycles. The van der Waals surface area contributed by atoms with E-state index in [9.17, 15) is 57.5 Å². The van der Waals surface area contributed by atoms with E-state index in [1.165, 1.54) is 0 Å². The van der Waals surface area contributed by atoms with Crippen molar-refractivity contribution < 1.29 is 114 Å². The van der Waals surface area contributed by atoms with Gasteiger partial charge in [0.1, 0.15) is 0 Å². The molecule has 0 radical (unpaired) electrons. The summed E-state index contributed by atoms with van der Waals surface area (Å²) in [5.41, 5.74) is 0. The molecular formula is C90H142O24. The van der Waals surface area contributed by atoms with Gasteiger partial charge in [-0.25, -0.2) is 0 Å². The van der Waals surface area contributed by atoms with Crippen molar-refractivity contribution >= 4 is 71.6 Å². The molecule has 0 saturated heterocycles. The van der Waals surface area contributed by atoms with Crippen LogP contribution in [0.15, 0.2) is 0 Å². The van der Waals surface area contributed by atoms with Gasteiger partial charge in [0.2, 0.25) is 69.0 Å². The summed E-state index contributed by atoms with van der Waals surface area (Å²) in [6, 6.07) is 0. The minimum absolute atomic E-state index is 0.0652. The van der Waals surface area contributed by atoms with Gasteiger partial charge in [0.15, 0.2) is 0 Å². The standard InChI is InChI=1S/C90H142O24/c1-11-21-31-43-55-67(91)103-79-81(105-69(93)57-45-33-23-13-3)85(109-73(97)61-49-37-27-17-7)89(86(110-74(98)62-50-38-28-18-8)82(79)106-70(94)58-46-34-24-14-4)113-77(101)65-53-41-42-54-66-78(102)114-90-87(111-75(99)63-51-39-29-19-9)83(107-71(95)59-47-35-25-15-5)80(104-68(92)56-44-32-22-12-2)84(108-72(96)60-48-36-26-16-6)88(90)112-76(100)64-52-40-30-20-10/h11-66H2,1-10H3. The summed E-state index contributed by atoms with van der Waals surface area (Å²) in [6.45, 7) is 20.1. The third kappa shape index (κ3) is 44.8. The molecule has 0 aliphatic rings. The Kier molecular flexibility index (Phi) is 58.5. The number of hydrogen-bond acceptors (Lipinski definition) is 24. The molecule has 114 heavy (non-hydrogen) atoms. The van der Waals surface area contributed by atoms with Crippen LogP contribution in [0.2, 0.25) is 0 Å². The second kappa shape index (κ2) is 65.2. The summed E-state index contributed by atoms with van der Waals surface area (Å²) in [5, 5.41) is 0. The first-order chi connectivity index (χ1) is 55.2. The molecule has 0 amide bonds. The van der Waals surface area contributed by atoms with Crippen molar-refractivity contribution in [2.24, 2.45) is 0 Å². The Bertz CT molecular complexity index is 2820. The van der Waals surface area contributed by atoms with Crippen LogP contribution in [0.5, 0.6) is 69.0 Å². The fourth-order valence-electron chi connectivity index (χ4n) is 12.2. The highest BCUT2D eigenvalue weighted by Crippen LogP contribution is 2.61. The van der Waals surface area contributed by atoms with E-state index in [1.54, 1.807) is 0 Å². The summed E-state index contributed by atoms with van der Waals surface area (Å²) in [6.07, 6.45) is 24.9. The summed E-state index contributed by atoms with van der Waals surface area (Å²) >= 11 is 0. The van der Waals surface area contributed by atoms with E-state index in [2.05, 4.69) is 0 Å². The van der Waals surface area contributed by atoms with Crippen molar-refractivity contribution in [2.45, 2.75) is 429 Å². The lowest BCUT2D eigenvalue weighted by atomic mass is 10.1. The van der Waals surface area contributed by atoms with E-state index >= 15 is 0 Å². The van der Waals surface area contributed by atoms with Crippen LogP contribution in [-0.2, 0) is 57.5 Å². The maximum atomic E-state index is 14.7. The van der Waals surface area contributed by atoms with Gasteiger partial charge in [0.05, 0.1) is 0 Å². The zero-order chi connectivity index (χ0) is 83.9. The van der Waals surface area contributed by atoms with Gasteiger partial charge in [0.25, 0.3) is 0 Å². The number of hydrogen-bond donors (Lipinski definition) is 0. The summed E-state index contributed by atoms with van der Waals surface area (Å²) in [5.74, 6) is -19.4. The Labute approximate surface area is 680 Å². The van der Waals surface area contributed by atoms with E-state index in [0.29, 0.717) is 128 Å². The molecule has 0 saturated carbocycles. The number of rotatable bonds is 69. The van der Waals surface area contributed by atoms with Crippen LogP contribution in [0.4, 0.5) is 0 Å². The van der Waals surface area contributed by atoms with Crippen LogP contribution in [0.25, 0.3) is 0 Å². The van der Waals surface area contributed by atoms with Crippen molar-refractivity contribution in [2.75, 3.05) is 0 Å². The Morgan fingerprint density at radius 3 is 0.263 bits per heavy atom. The molecule has 0 bridgehead atoms. The average molecular weight is 1610 g/mol. The normalized spacial score (nSPS) is 11.0. The zero-order valence-electron chi connectivity index (χ0n) is 71.4. The maximum Gasteiger partial charge on any atom is 0.311 e. The second-order valence-electron chi connectivity index (χ2n) is 29.7. The SMILES string of the molecule is CCCCCCC(=O)Oc1c(OC(=O)CCCCCC)c(OC(=O)CCCCCC)c(OC(=O)CCCCCCC(=O)Oc2c(OC(=O)CCCCCC)c(OC(=O)CCCCCC)c(OC(=O)CCCCCC)c(OC(=O)CCCCCC)c2OC(=O)CCCCCC)c(OC(=O)CCCCCC)c1OC(=O)CCCCCC. The second-order valence-corrected chi connectivity index (χ2v) is 29.7. The smallest absolute Gasteiger partial charge is 0.311 e. The van der Waals surface area contributed by atoms with Crippen LogP contribution in [0.3, 0.4) is 0 Å². The first-order valence-corrected chi connectivity index (χ1v) is 44.2. The lowest BCUT2D eigenvalue weighted by Crippen LogP contribution is -2.20. The van der Waals surface area contributed by atoms with Crippen LogP contribution >= 0.6 is 0 Å². The fraction of sp³-hybridized carbons (Fsp3) is 0.733. The van der Waals surface area contributed by atoms with E-state index in [4.69, 9.17) is 56.8 Å². The number of carbonyl (C=O) groups is 12. The monoisotopic (exact) mass is 1610 g/mol. The van der Waals surface area contributed by atoms with Gasteiger partial charge in [-0.05, 0) is 77.0 Å². The highest BCUT2D eigenvalue weighted by atomic mass is 16.7. The number of unbranched alkanes of at least 4 members (excludes halogenated alkanes) is 33. The zero-order valence-corrected chi connectivity index (χ0v) is 71.4. The molecule has 646 valence electrons.